The minimum absolute atomic E-state index is 0. The Morgan fingerprint density at radius 3 is 2.30 bits per heavy atom. The number of halogens is 2. The first kappa shape index (κ1) is 17.6. The van der Waals surface area contributed by atoms with Gasteiger partial charge in [0.05, 0.1) is 0 Å². The maximum atomic E-state index is 5.82. The van der Waals surface area contributed by atoms with E-state index in [4.69, 9.17) is 5.73 Å². The highest BCUT2D eigenvalue weighted by Crippen LogP contribution is 2.25. The number of rotatable bonds is 3. The first-order valence-corrected chi connectivity index (χ1v) is 7.12. The molecule has 1 aliphatic carbocycles. The Bertz CT molecular complexity index is 402. The zero-order valence-corrected chi connectivity index (χ0v) is 13.5. The van der Waals surface area contributed by atoms with Gasteiger partial charge in [0.1, 0.15) is 0 Å². The van der Waals surface area contributed by atoms with Gasteiger partial charge in [0, 0.05) is 44.5 Å². The predicted molar refractivity (Wildman–Crippen MR) is 89.8 cm³/mol. The third kappa shape index (κ3) is 4.26. The number of hydrogen-bond acceptors (Lipinski definition) is 3. The number of nitrogen functional groups attached to an aromatic ring is 1. The van der Waals surface area contributed by atoms with Gasteiger partial charge in [-0.05, 0) is 30.5 Å². The standard InChI is InChI=1S/C15H23N3.2ClH/c16-14-4-1-3-13(11-14)12-17-7-9-18(10-8-17)15-5-2-6-15;;/h1,3-4,11,15H,2,5-10,12,16H2;2*1H. The van der Waals surface area contributed by atoms with Crippen LogP contribution in [0.15, 0.2) is 24.3 Å². The van der Waals surface area contributed by atoms with Crippen LogP contribution in [-0.2, 0) is 6.54 Å². The smallest absolute Gasteiger partial charge is 0.0317 e. The summed E-state index contributed by atoms with van der Waals surface area (Å²) in [6.45, 7) is 5.93. The van der Waals surface area contributed by atoms with Crippen LogP contribution in [0.5, 0.6) is 0 Å². The number of hydrogen-bond donors (Lipinski definition) is 1. The first-order valence-electron chi connectivity index (χ1n) is 7.12. The van der Waals surface area contributed by atoms with Crippen LogP contribution in [-0.4, -0.2) is 42.0 Å². The Morgan fingerprint density at radius 1 is 1.05 bits per heavy atom. The summed E-state index contributed by atoms with van der Waals surface area (Å²) in [7, 11) is 0. The molecule has 0 atom stereocenters. The van der Waals surface area contributed by atoms with E-state index in [1.54, 1.807) is 0 Å². The SMILES string of the molecule is Cl.Cl.Nc1cccc(CN2CCN(C3CCC3)CC2)c1. The molecule has 1 aliphatic heterocycles. The second-order valence-electron chi connectivity index (χ2n) is 5.64. The van der Waals surface area contributed by atoms with Crippen molar-refractivity contribution >= 4 is 30.5 Å². The highest BCUT2D eigenvalue weighted by atomic mass is 35.5. The minimum atomic E-state index is 0. The minimum Gasteiger partial charge on any atom is -0.399 e. The highest BCUT2D eigenvalue weighted by molar-refractivity contribution is 5.85. The van der Waals surface area contributed by atoms with Gasteiger partial charge in [-0.1, -0.05) is 18.6 Å². The van der Waals surface area contributed by atoms with Crippen LogP contribution in [0.25, 0.3) is 0 Å². The van der Waals surface area contributed by atoms with Crippen molar-refractivity contribution in [1.82, 2.24) is 9.80 Å². The molecule has 5 heteroatoms. The van der Waals surface area contributed by atoms with Gasteiger partial charge in [0.2, 0.25) is 0 Å². The third-order valence-corrected chi connectivity index (χ3v) is 4.36. The molecule has 1 saturated carbocycles. The first-order chi connectivity index (χ1) is 8.81. The molecule has 0 amide bonds. The van der Waals surface area contributed by atoms with Gasteiger partial charge in [-0.3, -0.25) is 9.80 Å². The number of nitrogens with two attached hydrogens (primary N) is 1. The van der Waals surface area contributed by atoms with Crippen LogP contribution in [0, 0.1) is 0 Å². The quantitative estimate of drug-likeness (QED) is 0.870. The lowest BCUT2D eigenvalue weighted by Gasteiger charge is -2.43. The molecule has 1 heterocycles. The van der Waals surface area contributed by atoms with E-state index < -0.39 is 0 Å². The summed E-state index contributed by atoms with van der Waals surface area (Å²) >= 11 is 0. The van der Waals surface area contributed by atoms with Crippen molar-refractivity contribution in [2.75, 3.05) is 31.9 Å². The van der Waals surface area contributed by atoms with E-state index in [0.29, 0.717) is 0 Å². The maximum Gasteiger partial charge on any atom is 0.0317 e. The van der Waals surface area contributed by atoms with Crippen molar-refractivity contribution in [2.24, 2.45) is 0 Å². The summed E-state index contributed by atoms with van der Waals surface area (Å²) in [4.78, 5) is 5.23. The Kier molecular flexibility index (Phi) is 7.10. The molecule has 0 spiro atoms. The van der Waals surface area contributed by atoms with Gasteiger partial charge >= 0.3 is 0 Å². The van der Waals surface area contributed by atoms with Crippen molar-refractivity contribution in [3.63, 3.8) is 0 Å². The summed E-state index contributed by atoms with van der Waals surface area (Å²) in [5.41, 5.74) is 8.04. The van der Waals surface area contributed by atoms with Gasteiger partial charge in [-0.2, -0.15) is 0 Å². The Hall–Kier alpha value is -0.480. The van der Waals surface area contributed by atoms with Crippen molar-refractivity contribution in [1.29, 1.82) is 0 Å². The zero-order valence-electron chi connectivity index (χ0n) is 11.8. The van der Waals surface area contributed by atoms with Crippen molar-refractivity contribution in [3.8, 4) is 0 Å². The van der Waals surface area contributed by atoms with Crippen LogP contribution < -0.4 is 5.73 Å². The third-order valence-electron chi connectivity index (χ3n) is 4.36. The van der Waals surface area contributed by atoms with Crippen LogP contribution in [0.2, 0.25) is 0 Å². The maximum absolute atomic E-state index is 5.82. The molecule has 114 valence electrons. The van der Waals surface area contributed by atoms with Crippen LogP contribution in [0.3, 0.4) is 0 Å². The number of piperazine rings is 1. The van der Waals surface area contributed by atoms with Gasteiger partial charge in [-0.25, -0.2) is 0 Å². The molecular formula is C15H25Cl2N3. The summed E-state index contributed by atoms with van der Waals surface area (Å²) in [6, 6.07) is 9.18. The fourth-order valence-corrected chi connectivity index (χ4v) is 2.99. The molecule has 2 aliphatic rings. The van der Waals surface area contributed by atoms with Gasteiger partial charge in [0.25, 0.3) is 0 Å². The lowest BCUT2D eigenvalue weighted by Crippen LogP contribution is -2.51. The summed E-state index contributed by atoms with van der Waals surface area (Å²) in [5.74, 6) is 0. The van der Waals surface area contributed by atoms with E-state index in [1.165, 1.54) is 51.0 Å². The molecule has 20 heavy (non-hydrogen) atoms. The van der Waals surface area contributed by atoms with E-state index in [-0.39, 0.29) is 24.8 Å². The number of anilines is 1. The van der Waals surface area contributed by atoms with E-state index in [2.05, 4.69) is 28.0 Å². The van der Waals surface area contributed by atoms with Crippen molar-refractivity contribution in [3.05, 3.63) is 29.8 Å². The molecule has 0 unspecified atom stereocenters. The second-order valence-corrected chi connectivity index (χ2v) is 5.64. The van der Waals surface area contributed by atoms with Gasteiger partial charge in [0.15, 0.2) is 0 Å². The summed E-state index contributed by atoms with van der Waals surface area (Å²) in [5, 5.41) is 0. The fourth-order valence-electron chi connectivity index (χ4n) is 2.99. The van der Waals surface area contributed by atoms with Crippen molar-refractivity contribution in [2.45, 2.75) is 31.8 Å². The normalized spacial score (nSPS) is 20.6. The molecule has 3 nitrogen and oxygen atoms in total. The molecule has 0 radical (unpaired) electrons. The average Bonchev–Trinajstić information content (AvgIpc) is 2.29. The molecule has 2 fully saturated rings. The van der Waals surface area contributed by atoms with Crippen molar-refractivity contribution < 1.29 is 0 Å². The number of nitrogens with zero attached hydrogens (tertiary/aromatic N) is 2. The van der Waals surface area contributed by atoms with Gasteiger partial charge < -0.3 is 5.73 Å². The molecule has 1 aromatic rings. The predicted octanol–water partition coefficient (Wildman–Crippen LogP) is 2.78. The van der Waals surface area contributed by atoms with E-state index in [9.17, 15) is 0 Å². The monoisotopic (exact) mass is 317 g/mol. The Labute approximate surface area is 134 Å². The molecule has 1 saturated heterocycles. The average molecular weight is 318 g/mol. The summed E-state index contributed by atoms with van der Waals surface area (Å²) in [6.07, 6.45) is 4.29. The molecule has 0 aromatic heterocycles. The summed E-state index contributed by atoms with van der Waals surface area (Å²) < 4.78 is 0. The van der Waals surface area contributed by atoms with Gasteiger partial charge in [-0.15, -0.1) is 24.8 Å². The Morgan fingerprint density at radius 2 is 1.75 bits per heavy atom. The van der Waals surface area contributed by atoms with Crippen LogP contribution in [0.4, 0.5) is 5.69 Å². The lowest BCUT2D eigenvalue weighted by atomic mass is 9.91. The highest BCUT2D eigenvalue weighted by Gasteiger charge is 2.27. The number of benzene rings is 1. The molecular weight excluding hydrogens is 293 g/mol. The van der Waals surface area contributed by atoms with Crippen LogP contribution >= 0.6 is 24.8 Å². The van der Waals surface area contributed by atoms with Crippen LogP contribution in [0.1, 0.15) is 24.8 Å². The second kappa shape index (κ2) is 8.08. The largest absolute Gasteiger partial charge is 0.399 e. The molecule has 3 rings (SSSR count). The van der Waals surface area contributed by atoms with E-state index in [0.717, 1.165) is 18.3 Å². The fraction of sp³-hybridized carbons (Fsp3) is 0.600. The Balaban J connectivity index is 0.000001000. The zero-order chi connectivity index (χ0) is 12.4. The molecule has 0 bridgehead atoms. The lowest BCUT2D eigenvalue weighted by molar-refractivity contribution is 0.0587. The molecule has 2 N–H and O–H groups in total. The van der Waals surface area contributed by atoms with E-state index in [1.807, 2.05) is 6.07 Å². The molecule has 1 aromatic carbocycles. The topological polar surface area (TPSA) is 32.5 Å². The van der Waals surface area contributed by atoms with E-state index >= 15 is 0 Å².